The topological polar surface area (TPSA) is 46.3 Å². The van der Waals surface area contributed by atoms with Crippen LogP contribution >= 0.6 is 0 Å². The summed E-state index contributed by atoms with van der Waals surface area (Å²) in [6, 6.07) is 10.3. The van der Waals surface area contributed by atoms with E-state index < -0.39 is 0 Å². The van der Waals surface area contributed by atoms with Crippen molar-refractivity contribution in [2.45, 2.75) is 19.8 Å². The predicted molar refractivity (Wildman–Crippen MR) is 68.6 cm³/mol. The summed E-state index contributed by atoms with van der Waals surface area (Å²) in [4.78, 5) is 14.2. The van der Waals surface area contributed by atoms with Gasteiger partial charge in [0.05, 0.1) is 5.41 Å². The number of nitrogens with zero attached hydrogens (tertiary/aromatic N) is 1. The fourth-order valence-corrected chi connectivity index (χ4v) is 2.64. The Balaban J connectivity index is 2.28. The van der Waals surface area contributed by atoms with Crippen LogP contribution in [0.5, 0.6) is 0 Å². The average molecular weight is 232 g/mol. The van der Waals surface area contributed by atoms with Crippen molar-refractivity contribution in [3.8, 4) is 0 Å². The van der Waals surface area contributed by atoms with Crippen molar-refractivity contribution in [1.82, 2.24) is 4.90 Å². The molecule has 0 bridgehead atoms. The van der Waals surface area contributed by atoms with Crippen molar-refractivity contribution in [2.24, 2.45) is 11.1 Å². The van der Waals surface area contributed by atoms with Crippen molar-refractivity contribution >= 4 is 5.91 Å². The second kappa shape index (κ2) is 4.49. The van der Waals surface area contributed by atoms with E-state index in [4.69, 9.17) is 5.73 Å². The minimum absolute atomic E-state index is 0.219. The maximum absolute atomic E-state index is 12.3. The highest BCUT2D eigenvalue weighted by Crippen LogP contribution is 2.42. The van der Waals surface area contributed by atoms with E-state index in [0.29, 0.717) is 13.1 Å². The third-order valence-electron chi connectivity index (χ3n) is 3.71. The SMILES string of the molecule is CC1(C)C(=O)N(CCN)CC1c1ccccc1. The summed E-state index contributed by atoms with van der Waals surface area (Å²) in [7, 11) is 0. The van der Waals surface area contributed by atoms with Gasteiger partial charge in [0.1, 0.15) is 0 Å². The van der Waals surface area contributed by atoms with Crippen LogP contribution in [0.2, 0.25) is 0 Å². The number of benzene rings is 1. The molecule has 0 aromatic heterocycles. The highest BCUT2D eigenvalue weighted by molar-refractivity contribution is 5.85. The molecule has 2 rings (SSSR count). The van der Waals surface area contributed by atoms with Gasteiger partial charge in [0.2, 0.25) is 5.91 Å². The molecule has 3 nitrogen and oxygen atoms in total. The maximum Gasteiger partial charge on any atom is 0.228 e. The Bertz CT molecular complexity index is 400. The van der Waals surface area contributed by atoms with Gasteiger partial charge in [-0.1, -0.05) is 44.2 Å². The predicted octanol–water partition coefficient (Wildman–Crippen LogP) is 1.60. The monoisotopic (exact) mass is 232 g/mol. The van der Waals surface area contributed by atoms with E-state index in [1.165, 1.54) is 5.56 Å². The van der Waals surface area contributed by atoms with Crippen LogP contribution in [-0.4, -0.2) is 30.4 Å². The fourth-order valence-electron chi connectivity index (χ4n) is 2.64. The highest BCUT2D eigenvalue weighted by atomic mass is 16.2. The Morgan fingerprint density at radius 2 is 2.00 bits per heavy atom. The van der Waals surface area contributed by atoms with Crippen LogP contribution in [0, 0.1) is 5.41 Å². The highest BCUT2D eigenvalue weighted by Gasteiger charge is 2.47. The molecule has 1 aliphatic rings. The van der Waals surface area contributed by atoms with Crippen LogP contribution in [0.1, 0.15) is 25.3 Å². The van der Waals surface area contributed by atoms with Crippen molar-refractivity contribution in [1.29, 1.82) is 0 Å². The second-order valence-electron chi connectivity index (χ2n) is 5.22. The zero-order chi connectivity index (χ0) is 12.5. The minimum atomic E-state index is -0.323. The summed E-state index contributed by atoms with van der Waals surface area (Å²) < 4.78 is 0. The van der Waals surface area contributed by atoms with Crippen molar-refractivity contribution in [3.63, 3.8) is 0 Å². The van der Waals surface area contributed by atoms with Gasteiger partial charge in [-0.3, -0.25) is 4.79 Å². The molecule has 17 heavy (non-hydrogen) atoms. The van der Waals surface area contributed by atoms with Crippen LogP contribution in [0.3, 0.4) is 0 Å². The molecule has 1 saturated heterocycles. The third kappa shape index (κ3) is 2.07. The molecule has 1 amide bonds. The number of nitrogens with two attached hydrogens (primary N) is 1. The molecule has 1 atom stereocenters. The zero-order valence-electron chi connectivity index (χ0n) is 10.5. The Kier molecular flexibility index (Phi) is 3.20. The number of carbonyl (C=O) groups is 1. The molecular formula is C14H20N2O. The summed E-state index contributed by atoms with van der Waals surface area (Å²) >= 11 is 0. The standard InChI is InChI=1S/C14H20N2O/c1-14(2)12(11-6-4-3-5-7-11)10-16(9-8-15)13(14)17/h3-7,12H,8-10,15H2,1-2H3. The number of carbonyl (C=O) groups excluding carboxylic acids is 1. The summed E-state index contributed by atoms with van der Waals surface area (Å²) in [5.41, 5.74) is 6.47. The lowest BCUT2D eigenvalue weighted by Crippen LogP contribution is -2.34. The normalized spacial score (nSPS) is 23.1. The number of rotatable bonds is 3. The molecule has 0 aliphatic carbocycles. The summed E-state index contributed by atoms with van der Waals surface area (Å²) in [5.74, 6) is 0.486. The van der Waals surface area contributed by atoms with Gasteiger partial charge in [0.25, 0.3) is 0 Å². The van der Waals surface area contributed by atoms with E-state index in [1.807, 2.05) is 36.9 Å². The molecule has 2 N–H and O–H groups in total. The first-order valence-corrected chi connectivity index (χ1v) is 6.11. The first-order valence-electron chi connectivity index (χ1n) is 6.11. The van der Waals surface area contributed by atoms with Gasteiger partial charge in [0, 0.05) is 25.6 Å². The van der Waals surface area contributed by atoms with E-state index in [0.717, 1.165) is 6.54 Å². The summed E-state index contributed by atoms with van der Waals surface area (Å²) in [6.45, 7) is 6.04. The average Bonchev–Trinajstić information content (AvgIpc) is 2.55. The molecule has 0 saturated carbocycles. The van der Waals surface area contributed by atoms with Gasteiger partial charge in [-0.25, -0.2) is 0 Å². The van der Waals surface area contributed by atoms with Crippen LogP contribution in [0.15, 0.2) is 30.3 Å². The molecule has 1 aliphatic heterocycles. The first kappa shape index (κ1) is 12.1. The molecule has 1 fully saturated rings. The summed E-state index contributed by atoms with van der Waals surface area (Å²) in [6.07, 6.45) is 0. The van der Waals surface area contributed by atoms with Crippen molar-refractivity contribution in [2.75, 3.05) is 19.6 Å². The quantitative estimate of drug-likeness (QED) is 0.860. The lowest BCUT2D eigenvalue weighted by atomic mass is 9.77. The largest absolute Gasteiger partial charge is 0.340 e. The lowest BCUT2D eigenvalue weighted by molar-refractivity contribution is -0.134. The molecule has 3 heteroatoms. The lowest BCUT2D eigenvalue weighted by Gasteiger charge is -2.23. The Morgan fingerprint density at radius 3 is 2.59 bits per heavy atom. The Hall–Kier alpha value is -1.35. The van der Waals surface area contributed by atoms with E-state index in [1.54, 1.807) is 0 Å². The van der Waals surface area contributed by atoms with Gasteiger partial charge in [-0.2, -0.15) is 0 Å². The van der Waals surface area contributed by atoms with Gasteiger partial charge in [-0.15, -0.1) is 0 Å². The number of hydrogen-bond acceptors (Lipinski definition) is 2. The Morgan fingerprint density at radius 1 is 1.35 bits per heavy atom. The van der Waals surface area contributed by atoms with Crippen molar-refractivity contribution < 1.29 is 4.79 Å². The van der Waals surface area contributed by atoms with Crippen LogP contribution in [0.25, 0.3) is 0 Å². The van der Waals surface area contributed by atoms with Crippen LogP contribution in [0.4, 0.5) is 0 Å². The van der Waals surface area contributed by atoms with Gasteiger partial charge in [-0.05, 0) is 5.56 Å². The molecular weight excluding hydrogens is 212 g/mol. The zero-order valence-corrected chi connectivity index (χ0v) is 10.5. The third-order valence-corrected chi connectivity index (χ3v) is 3.71. The van der Waals surface area contributed by atoms with E-state index >= 15 is 0 Å². The van der Waals surface area contributed by atoms with E-state index in [9.17, 15) is 4.79 Å². The molecule has 0 radical (unpaired) electrons. The van der Waals surface area contributed by atoms with Gasteiger partial charge < -0.3 is 10.6 Å². The van der Waals surface area contributed by atoms with Gasteiger partial charge in [0.15, 0.2) is 0 Å². The maximum atomic E-state index is 12.3. The van der Waals surface area contributed by atoms with E-state index in [2.05, 4.69) is 12.1 Å². The molecule has 1 aromatic carbocycles. The number of amides is 1. The van der Waals surface area contributed by atoms with Crippen molar-refractivity contribution in [3.05, 3.63) is 35.9 Å². The Labute approximate surface area is 103 Å². The van der Waals surface area contributed by atoms with Crippen LogP contribution in [-0.2, 0) is 4.79 Å². The first-order chi connectivity index (χ1) is 8.07. The number of hydrogen-bond donors (Lipinski definition) is 1. The second-order valence-corrected chi connectivity index (χ2v) is 5.22. The van der Waals surface area contributed by atoms with Gasteiger partial charge >= 0.3 is 0 Å². The molecule has 1 aromatic rings. The molecule has 0 spiro atoms. The smallest absolute Gasteiger partial charge is 0.228 e. The number of likely N-dealkylation sites (tertiary alicyclic amines) is 1. The van der Waals surface area contributed by atoms with Crippen LogP contribution < -0.4 is 5.73 Å². The summed E-state index contributed by atoms with van der Waals surface area (Å²) in [5, 5.41) is 0. The minimum Gasteiger partial charge on any atom is -0.340 e. The molecule has 1 heterocycles. The fraction of sp³-hybridized carbons (Fsp3) is 0.500. The molecule has 1 unspecified atom stereocenters. The molecule has 92 valence electrons. The van der Waals surface area contributed by atoms with E-state index in [-0.39, 0.29) is 17.2 Å².